The van der Waals surface area contributed by atoms with Gasteiger partial charge in [-0.1, -0.05) is 83.2 Å². The highest BCUT2D eigenvalue weighted by Gasteiger charge is 2.08. The van der Waals surface area contributed by atoms with E-state index in [2.05, 4.69) is 123 Å². The van der Waals surface area contributed by atoms with Crippen LogP contribution in [0.25, 0.3) is 0 Å². The van der Waals surface area contributed by atoms with E-state index >= 15 is 0 Å². The molecule has 0 heterocycles. The molecule has 0 radical (unpaired) electrons. The standard InChI is InChI=1S/C30H32N2S2/c1-21-13-15-27(23(3)19-21)33-29-11-7-5-9-25(29)31-17-18-32-26-10-6-8-12-30(26)34-28-16-14-22(2)20-24(28)4/h5-16,19-20,31-32H,17-18H2,1-4H3. The maximum atomic E-state index is 3.63. The van der Waals surface area contributed by atoms with E-state index in [1.54, 1.807) is 0 Å². The van der Waals surface area contributed by atoms with Gasteiger partial charge in [0.05, 0.1) is 0 Å². The molecule has 0 bridgehead atoms. The van der Waals surface area contributed by atoms with Crippen molar-refractivity contribution in [1.29, 1.82) is 0 Å². The Labute approximate surface area is 212 Å². The normalized spacial score (nSPS) is 10.8. The number of benzene rings is 4. The fraction of sp³-hybridized carbons (Fsp3) is 0.200. The van der Waals surface area contributed by atoms with E-state index in [-0.39, 0.29) is 0 Å². The number of rotatable bonds is 9. The van der Waals surface area contributed by atoms with Crippen molar-refractivity contribution < 1.29 is 0 Å². The molecule has 174 valence electrons. The van der Waals surface area contributed by atoms with Crippen molar-refractivity contribution in [3.05, 3.63) is 107 Å². The highest BCUT2D eigenvalue weighted by Crippen LogP contribution is 2.36. The van der Waals surface area contributed by atoms with Gasteiger partial charge in [0.2, 0.25) is 0 Å². The molecule has 4 aromatic carbocycles. The predicted molar refractivity (Wildman–Crippen MR) is 150 cm³/mol. The Morgan fingerprint density at radius 3 is 1.32 bits per heavy atom. The highest BCUT2D eigenvalue weighted by molar-refractivity contribution is 7.99. The summed E-state index contributed by atoms with van der Waals surface area (Å²) in [6.45, 7) is 10.3. The lowest BCUT2D eigenvalue weighted by Gasteiger charge is -2.15. The van der Waals surface area contributed by atoms with Crippen LogP contribution in [-0.2, 0) is 0 Å². The Morgan fingerprint density at radius 2 is 0.912 bits per heavy atom. The average molecular weight is 485 g/mol. The van der Waals surface area contributed by atoms with E-state index in [0.717, 1.165) is 13.1 Å². The first kappa shape index (κ1) is 24.3. The summed E-state index contributed by atoms with van der Waals surface area (Å²) in [6.07, 6.45) is 0. The van der Waals surface area contributed by atoms with Gasteiger partial charge in [0.1, 0.15) is 0 Å². The third kappa shape index (κ3) is 6.40. The second kappa shape index (κ2) is 11.5. The third-order valence-corrected chi connectivity index (χ3v) is 8.14. The number of hydrogen-bond acceptors (Lipinski definition) is 4. The molecule has 0 unspecified atom stereocenters. The van der Waals surface area contributed by atoms with E-state index in [0.29, 0.717) is 0 Å². The third-order valence-electron chi connectivity index (χ3n) is 5.63. The second-order valence-corrected chi connectivity index (χ2v) is 10.8. The van der Waals surface area contributed by atoms with E-state index in [1.165, 1.54) is 53.2 Å². The predicted octanol–water partition coefficient (Wildman–Crippen LogP) is 8.75. The lowest BCUT2D eigenvalue weighted by molar-refractivity contribution is 1.06. The maximum absolute atomic E-state index is 3.63. The van der Waals surface area contributed by atoms with Gasteiger partial charge >= 0.3 is 0 Å². The van der Waals surface area contributed by atoms with Gasteiger partial charge < -0.3 is 10.6 Å². The molecular weight excluding hydrogens is 452 g/mol. The summed E-state index contributed by atoms with van der Waals surface area (Å²) in [4.78, 5) is 5.10. The monoisotopic (exact) mass is 484 g/mol. The highest BCUT2D eigenvalue weighted by atomic mass is 32.2. The molecule has 0 aliphatic carbocycles. The van der Waals surface area contributed by atoms with Crippen molar-refractivity contribution in [3.63, 3.8) is 0 Å². The van der Waals surface area contributed by atoms with Crippen molar-refractivity contribution in [2.75, 3.05) is 23.7 Å². The van der Waals surface area contributed by atoms with Crippen molar-refractivity contribution in [3.8, 4) is 0 Å². The number of hydrogen-bond donors (Lipinski definition) is 2. The Hall–Kier alpha value is -2.82. The first-order chi connectivity index (χ1) is 16.5. The van der Waals surface area contributed by atoms with Crippen LogP contribution in [0.15, 0.2) is 105 Å². The molecular formula is C30H32N2S2. The van der Waals surface area contributed by atoms with Crippen LogP contribution in [0, 0.1) is 27.7 Å². The fourth-order valence-corrected chi connectivity index (χ4v) is 5.84. The van der Waals surface area contributed by atoms with Crippen LogP contribution in [0.3, 0.4) is 0 Å². The summed E-state index contributed by atoms with van der Waals surface area (Å²) in [5, 5.41) is 7.26. The van der Waals surface area contributed by atoms with Crippen LogP contribution in [0.5, 0.6) is 0 Å². The topological polar surface area (TPSA) is 24.1 Å². The van der Waals surface area contributed by atoms with Crippen molar-refractivity contribution >= 4 is 34.9 Å². The van der Waals surface area contributed by atoms with Gasteiger partial charge in [-0.25, -0.2) is 0 Å². The van der Waals surface area contributed by atoms with Crippen molar-refractivity contribution in [2.45, 2.75) is 47.3 Å². The Kier molecular flexibility index (Phi) is 8.25. The molecule has 0 saturated carbocycles. The van der Waals surface area contributed by atoms with Crippen molar-refractivity contribution in [2.24, 2.45) is 0 Å². The zero-order chi connectivity index (χ0) is 23.9. The fourth-order valence-electron chi connectivity index (χ4n) is 3.86. The Bertz CT molecular complexity index is 1170. The van der Waals surface area contributed by atoms with Crippen LogP contribution < -0.4 is 10.6 Å². The van der Waals surface area contributed by atoms with E-state index in [1.807, 2.05) is 23.5 Å². The Morgan fingerprint density at radius 1 is 0.500 bits per heavy atom. The first-order valence-electron chi connectivity index (χ1n) is 11.7. The molecule has 0 aromatic heterocycles. The van der Waals surface area contributed by atoms with Crippen molar-refractivity contribution in [1.82, 2.24) is 0 Å². The minimum atomic E-state index is 0.840. The minimum Gasteiger partial charge on any atom is -0.382 e. The zero-order valence-electron chi connectivity index (χ0n) is 20.3. The van der Waals surface area contributed by atoms with Gasteiger partial charge in [-0.05, 0) is 75.2 Å². The van der Waals surface area contributed by atoms with Crippen LogP contribution in [0.2, 0.25) is 0 Å². The summed E-state index contributed by atoms with van der Waals surface area (Å²) < 4.78 is 0. The lowest BCUT2D eigenvalue weighted by atomic mass is 10.2. The summed E-state index contributed by atoms with van der Waals surface area (Å²) in [7, 11) is 0. The summed E-state index contributed by atoms with van der Waals surface area (Å²) >= 11 is 3.65. The van der Waals surface area contributed by atoms with Gasteiger partial charge in [-0.3, -0.25) is 0 Å². The van der Waals surface area contributed by atoms with Gasteiger partial charge in [0, 0.05) is 44.0 Å². The zero-order valence-corrected chi connectivity index (χ0v) is 21.9. The quantitative estimate of drug-likeness (QED) is 0.232. The van der Waals surface area contributed by atoms with Crippen LogP contribution in [-0.4, -0.2) is 13.1 Å². The lowest BCUT2D eigenvalue weighted by Crippen LogP contribution is -2.14. The van der Waals surface area contributed by atoms with E-state index < -0.39 is 0 Å². The smallest absolute Gasteiger partial charge is 0.0482 e. The van der Waals surface area contributed by atoms with Gasteiger partial charge in [0.15, 0.2) is 0 Å². The van der Waals surface area contributed by atoms with Crippen LogP contribution >= 0.6 is 23.5 Å². The van der Waals surface area contributed by atoms with E-state index in [9.17, 15) is 0 Å². The molecule has 0 atom stereocenters. The van der Waals surface area contributed by atoms with Gasteiger partial charge in [0.25, 0.3) is 0 Å². The molecule has 4 heteroatoms. The van der Waals surface area contributed by atoms with Gasteiger partial charge in [-0.2, -0.15) is 0 Å². The SMILES string of the molecule is Cc1ccc(Sc2ccccc2NCCNc2ccccc2Sc2ccc(C)cc2C)c(C)c1. The molecule has 0 aliphatic heterocycles. The molecule has 0 spiro atoms. The molecule has 34 heavy (non-hydrogen) atoms. The summed E-state index contributed by atoms with van der Waals surface area (Å²) in [5.74, 6) is 0. The molecule has 4 aromatic rings. The molecule has 0 aliphatic rings. The number of aryl methyl sites for hydroxylation is 4. The number of anilines is 2. The maximum Gasteiger partial charge on any atom is 0.0482 e. The van der Waals surface area contributed by atoms with Gasteiger partial charge in [-0.15, -0.1) is 0 Å². The number of nitrogens with one attached hydrogen (secondary N) is 2. The molecule has 4 rings (SSSR count). The summed E-state index contributed by atoms with van der Waals surface area (Å²) in [6, 6.07) is 30.4. The molecule has 2 nitrogen and oxygen atoms in total. The molecule has 0 saturated heterocycles. The largest absolute Gasteiger partial charge is 0.382 e. The molecule has 0 amide bonds. The minimum absolute atomic E-state index is 0.840. The second-order valence-electron chi connectivity index (χ2n) is 8.59. The molecule has 2 N–H and O–H groups in total. The summed E-state index contributed by atoms with van der Waals surface area (Å²) in [5.41, 5.74) is 7.59. The average Bonchev–Trinajstić information content (AvgIpc) is 2.82. The van der Waals surface area contributed by atoms with Crippen LogP contribution in [0.4, 0.5) is 11.4 Å². The molecule has 0 fully saturated rings. The number of para-hydroxylation sites is 2. The van der Waals surface area contributed by atoms with E-state index in [4.69, 9.17) is 0 Å². The first-order valence-corrected chi connectivity index (χ1v) is 13.3. The Balaban J connectivity index is 1.37. The van der Waals surface area contributed by atoms with Crippen LogP contribution in [0.1, 0.15) is 22.3 Å².